The first-order valence-electron chi connectivity index (χ1n) is 16.4. The zero-order chi connectivity index (χ0) is 31.7. The van der Waals surface area contributed by atoms with E-state index >= 15 is 0 Å². The summed E-state index contributed by atoms with van der Waals surface area (Å²) in [6.45, 7) is 21.3. The molecule has 0 aromatic carbocycles. The van der Waals surface area contributed by atoms with E-state index in [9.17, 15) is 4.79 Å². The Morgan fingerprint density at radius 1 is 0.929 bits per heavy atom. The van der Waals surface area contributed by atoms with Crippen LogP contribution in [0, 0.1) is 17.8 Å². The van der Waals surface area contributed by atoms with Crippen molar-refractivity contribution < 1.29 is 37.6 Å². The molecule has 0 aromatic heterocycles. The first kappa shape index (κ1) is 36.1. The van der Waals surface area contributed by atoms with E-state index in [1.54, 1.807) is 28.3 Å². The van der Waals surface area contributed by atoms with Crippen molar-refractivity contribution in [3.05, 3.63) is 0 Å². The van der Waals surface area contributed by atoms with Crippen molar-refractivity contribution in [2.75, 3.05) is 21.3 Å². The predicted octanol–water partition coefficient (Wildman–Crippen LogP) is 6.54. The average Bonchev–Trinajstić information content (AvgIpc) is 3.54. The molecule has 246 valence electrons. The van der Waals surface area contributed by atoms with Gasteiger partial charge in [-0.25, -0.2) is 0 Å². The zero-order valence-corrected chi connectivity index (χ0v) is 29.9. The van der Waals surface area contributed by atoms with Crippen LogP contribution in [0.25, 0.3) is 0 Å². The second kappa shape index (κ2) is 13.9. The van der Waals surface area contributed by atoms with Gasteiger partial charge >= 0.3 is 0 Å². The highest BCUT2D eigenvalue weighted by Gasteiger charge is 2.61. The minimum atomic E-state index is -1.96. The molecular formula is C33H62O8Si. The van der Waals surface area contributed by atoms with Crippen LogP contribution in [0.3, 0.4) is 0 Å². The summed E-state index contributed by atoms with van der Waals surface area (Å²) in [5.74, 6) is -0.416. The standard InChI is InChI=1S/C33H62O8Si/c1-14-42(15-2,16-3)41-31(8,19-17-21(4)34)25-18-20-32(9,39-25)30-23(6)27(36-12)29(38-30)28-22(5)26(35-11)24(7)33(10,37-13)40-28/h22-30H,14-20H2,1-13H3/t22-,23-,24+,25+,26-,27+,28-,29+,30+,31-,32-,33-/m0/s1. The van der Waals surface area contributed by atoms with E-state index < -0.39 is 25.3 Å². The summed E-state index contributed by atoms with van der Waals surface area (Å²) in [4.78, 5) is 12.1. The lowest BCUT2D eigenvalue weighted by Gasteiger charge is -2.51. The molecular weight excluding hydrogens is 552 g/mol. The maximum absolute atomic E-state index is 12.1. The second-order valence-electron chi connectivity index (χ2n) is 14.0. The third-order valence-corrected chi connectivity index (χ3v) is 16.3. The van der Waals surface area contributed by atoms with Crippen LogP contribution >= 0.6 is 0 Å². The molecule has 3 rings (SSSR count). The lowest BCUT2D eigenvalue weighted by molar-refractivity contribution is -0.339. The molecule has 0 saturated carbocycles. The normalized spacial score (nSPS) is 42.5. The van der Waals surface area contributed by atoms with Gasteiger partial charge in [-0.15, -0.1) is 0 Å². The number of hydrogen-bond donors (Lipinski definition) is 0. The number of carbonyl (C=O) groups excluding carboxylic acids is 1. The van der Waals surface area contributed by atoms with Crippen molar-refractivity contribution in [1.82, 2.24) is 0 Å². The summed E-state index contributed by atoms with van der Waals surface area (Å²) < 4.78 is 46.0. The largest absolute Gasteiger partial charge is 0.409 e. The monoisotopic (exact) mass is 614 g/mol. The molecule has 0 radical (unpaired) electrons. The third-order valence-electron chi connectivity index (χ3n) is 11.6. The van der Waals surface area contributed by atoms with Crippen LogP contribution in [-0.4, -0.2) is 89.0 Å². The Bertz CT molecular complexity index is 891. The van der Waals surface area contributed by atoms with Crippen LogP contribution < -0.4 is 0 Å². The Kier molecular flexibility index (Phi) is 12.0. The van der Waals surface area contributed by atoms with Crippen molar-refractivity contribution in [3.8, 4) is 0 Å². The van der Waals surface area contributed by atoms with E-state index in [1.807, 2.05) is 6.92 Å². The minimum absolute atomic E-state index is 0.0449. The Morgan fingerprint density at radius 2 is 1.52 bits per heavy atom. The van der Waals surface area contributed by atoms with Gasteiger partial charge in [0.15, 0.2) is 14.1 Å². The Hall–Kier alpha value is -0.393. The summed E-state index contributed by atoms with van der Waals surface area (Å²) >= 11 is 0. The van der Waals surface area contributed by atoms with Crippen LogP contribution in [0.5, 0.6) is 0 Å². The van der Waals surface area contributed by atoms with Crippen LogP contribution in [-0.2, 0) is 37.6 Å². The molecule has 3 aliphatic heterocycles. The molecule has 9 heteroatoms. The van der Waals surface area contributed by atoms with Gasteiger partial charge in [0.2, 0.25) is 0 Å². The minimum Gasteiger partial charge on any atom is -0.409 e. The van der Waals surface area contributed by atoms with Gasteiger partial charge in [-0.3, -0.25) is 0 Å². The van der Waals surface area contributed by atoms with Gasteiger partial charge in [-0.1, -0.05) is 41.5 Å². The molecule has 12 atom stereocenters. The van der Waals surface area contributed by atoms with Crippen LogP contribution in [0.4, 0.5) is 0 Å². The lowest BCUT2D eigenvalue weighted by atomic mass is 9.77. The lowest BCUT2D eigenvalue weighted by Crippen LogP contribution is -2.61. The summed E-state index contributed by atoms with van der Waals surface area (Å²) in [6.07, 6.45) is 1.77. The summed E-state index contributed by atoms with van der Waals surface area (Å²) in [6, 6.07) is 3.17. The van der Waals surface area contributed by atoms with E-state index in [4.69, 9.17) is 32.8 Å². The molecule has 0 bridgehead atoms. The number of rotatable bonds is 14. The summed E-state index contributed by atoms with van der Waals surface area (Å²) in [5.41, 5.74) is -1.05. The fraction of sp³-hybridized carbons (Fsp3) is 0.970. The van der Waals surface area contributed by atoms with Crippen LogP contribution in [0.2, 0.25) is 18.1 Å². The third kappa shape index (κ3) is 6.74. The first-order valence-corrected chi connectivity index (χ1v) is 19.0. The maximum Gasteiger partial charge on any atom is 0.192 e. The highest BCUT2D eigenvalue weighted by Crippen LogP contribution is 2.50. The summed E-state index contributed by atoms with van der Waals surface area (Å²) in [7, 11) is 3.26. The molecule has 0 N–H and O–H groups in total. The number of ether oxygens (including phenoxy) is 6. The van der Waals surface area contributed by atoms with Crippen molar-refractivity contribution >= 4 is 14.1 Å². The molecule has 0 aromatic rings. The van der Waals surface area contributed by atoms with Crippen molar-refractivity contribution in [1.29, 1.82) is 0 Å². The Balaban J connectivity index is 1.89. The van der Waals surface area contributed by atoms with E-state index in [2.05, 4.69) is 55.4 Å². The van der Waals surface area contributed by atoms with Gasteiger partial charge in [0.25, 0.3) is 0 Å². The van der Waals surface area contributed by atoms with Crippen LogP contribution in [0.1, 0.15) is 94.9 Å². The number of ketones is 1. The van der Waals surface area contributed by atoms with Gasteiger partial charge in [0.05, 0.1) is 41.7 Å². The predicted molar refractivity (Wildman–Crippen MR) is 167 cm³/mol. The highest BCUT2D eigenvalue weighted by molar-refractivity contribution is 6.73. The van der Waals surface area contributed by atoms with Crippen LogP contribution in [0.15, 0.2) is 0 Å². The van der Waals surface area contributed by atoms with Crippen molar-refractivity contribution in [3.63, 3.8) is 0 Å². The molecule has 3 heterocycles. The number of carbonyl (C=O) groups is 1. The highest BCUT2D eigenvalue weighted by atomic mass is 28.4. The first-order chi connectivity index (χ1) is 19.6. The van der Waals surface area contributed by atoms with Gasteiger partial charge in [-0.2, -0.15) is 0 Å². The Morgan fingerprint density at radius 3 is 2.02 bits per heavy atom. The molecule has 0 amide bonds. The fourth-order valence-corrected chi connectivity index (χ4v) is 11.4. The number of hydrogen-bond acceptors (Lipinski definition) is 8. The number of Topliss-reactive ketones (excluding diaryl/α,β-unsaturated/α-hetero) is 1. The maximum atomic E-state index is 12.1. The smallest absolute Gasteiger partial charge is 0.192 e. The SMILES string of the molecule is CC[Si](CC)(CC)O[C@@](C)(CCC(C)=O)[C@H]1CC[C@@](C)([C@@H]2O[C@@H]([C@H]3O[C@](C)(OC)[C@H](C)[C@@H](OC)[C@@H]3C)[C@H](OC)[C@@H]2C)O1. The fourth-order valence-electron chi connectivity index (χ4n) is 8.26. The van der Waals surface area contributed by atoms with Gasteiger partial charge < -0.3 is 37.6 Å². The van der Waals surface area contributed by atoms with Gasteiger partial charge in [-0.05, 0) is 65.1 Å². The average molecular weight is 615 g/mol. The van der Waals surface area contributed by atoms with E-state index in [1.165, 1.54) is 0 Å². The van der Waals surface area contributed by atoms with Crippen molar-refractivity contribution in [2.45, 2.75) is 167 Å². The molecule has 0 spiro atoms. The molecule has 0 unspecified atom stereocenters. The molecule has 3 fully saturated rings. The van der Waals surface area contributed by atoms with Gasteiger partial charge in [0, 0.05) is 45.5 Å². The quantitative estimate of drug-likeness (QED) is 0.204. The Labute approximate surface area is 257 Å². The second-order valence-corrected chi connectivity index (χ2v) is 18.7. The van der Waals surface area contributed by atoms with E-state index in [0.29, 0.717) is 12.8 Å². The molecule has 3 aliphatic rings. The number of methoxy groups -OCH3 is 3. The van der Waals surface area contributed by atoms with E-state index in [0.717, 1.165) is 31.0 Å². The zero-order valence-electron chi connectivity index (χ0n) is 28.9. The molecule has 42 heavy (non-hydrogen) atoms. The summed E-state index contributed by atoms with van der Waals surface area (Å²) in [5, 5.41) is 0. The van der Waals surface area contributed by atoms with E-state index in [-0.39, 0.29) is 60.2 Å². The topological polar surface area (TPSA) is 81.7 Å². The van der Waals surface area contributed by atoms with Crippen molar-refractivity contribution in [2.24, 2.45) is 17.8 Å². The molecule has 3 saturated heterocycles. The van der Waals surface area contributed by atoms with Gasteiger partial charge in [0.1, 0.15) is 11.9 Å². The molecule has 8 nitrogen and oxygen atoms in total. The molecule has 0 aliphatic carbocycles.